The highest BCUT2D eigenvalue weighted by molar-refractivity contribution is 9.10. The minimum absolute atomic E-state index is 0.00720. The van der Waals surface area contributed by atoms with E-state index < -0.39 is 0 Å². The zero-order valence-corrected chi connectivity index (χ0v) is 16.0. The number of nitrogens with zero attached hydrogens (tertiary/aromatic N) is 1. The molecule has 1 aliphatic rings. The SMILES string of the molecule is COCc1ccccc1NC(=O)[C@H](c1ccc(Br)cc1)N1CCCC1. The van der Waals surface area contributed by atoms with Gasteiger partial charge in [-0.15, -0.1) is 0 Å². The minimum atomic E-state index is -0.272. The lowest BCUT2D eigenvalue weighted by Gasteiger charge is -2.27. The van der Waals surface area contributed by atoms with Crippen molar-refractivity contribution in [3.05, 3.63) is 64.1 Å². The first-order valence-corrected chi connectivity index (χ1v) is 9.35. The van der Waals surface area contributed by atoms with Crippen molar-refractivity contribution in [1.82, 2.24) is 4.90 Å². The Morgan fingerprint density at radius 3 is 2.52 bits per heavy atom. The third-order valence-electron chi connectivity index (χ3n) is 4.51. The maximum atomic E-state index is 13.1. The van der Waals surface area contributed by atoms with Crippen molar-refractivity contribution < 1.29 is 9.53 Å². The largest absolute Gasteiger partial charge is 0.380 e. The Bertz CT molecular complexity index is 712. The number of carbonyl (C=O) groups is 1. The van der Waals surface area contributed by atoms with Crippen LogP contribution in [0.5, 0.6) is 0 Å². The number of ether oxygens (including phenoxy) is 1. The summed E-state index contributed by atoms with van der Waals surface area (Å²) in [4.78, 5) is 15.4. The van der Waals surface area contributed by atoms with Crippen molar-refractivity contribution in [2.45, 2.75) is 25.5 Å². The number of carbonyl (C=O) groups excluding carboxylic acids is 1. The highest BCUT2D eigenvalue weighted by atomic mass is 79.9. The number of rotatable bonds is 6. The lowest BCUT2D eigenvalue weighted by atomic mass is 10.0. The number of likely N-dealkylation sites (tertiary alicyclic amines) is 1. The van der Waals surface area contributed by atoms with Gasteiger partial charge in [0.2, 0.25) is 5.91 Å². The molecule has 0 aliphatic carbocycles. The van der Waals surface area contributed by atoms with Crippen LogP contribution in [0.2, 0.25) is 0 Å². The van der Waals surface area contributed by atoms with Crippen molar-refractivity contribution in [2.75, 3.05) is 25.5 Å². The van der Waals surface area contributed by atoms with Gasteiger partial charge in [0.15, 0.2) is 0 Å². The van der Waals surface area contributed by atoms with E-state index in [4.69, 9.17) is 4.74 Å². The number of halogens is 1. The lowest BCUT2D eigenvalue weighted by molar-refractivity contribution is -0.121. The molecule has 1 N–H and O–H groups in total. The first-order valence-electron chi connectivity index (χ1n) is 8.56. The number of hydrogen-bond donors (Lipinski definition) is 1. The molecule has 0 radical (unpaired) electrons. The summed E-state index contributed by atoms with van der Waals surface area (Å²) in [6.45, 7) is 2.38. The van der Waals surface area contributed by atoms with E-state index in [1.807, 2.05) is 48.5 Å². The van der Waals surface area contributed by atoms with Crippen LogP contribution in [-0.2, 0) is 16.1 Å². The summed E-state index contributed by atoms with van der Waals surface area (Å²) in [5, 5.41) is 3.11. The summed E-state index contributed by atoms with van der Waals surface area (Å²) in [6.07, 6.45) is 2.28. The fourth-order valence-electron chi connectivity index (χ4n) is 3.30. The quantitative estimate of drug-likeness (QED) is 0.779. The van der Waals surface area contributed by atoms with Crippen LogP contribution in [0.15, 0.2) is 53.0 Å². The van der Waals surface area contributed by atoms with Crippen molar-refractivity contribution >= 4 is 27.5 Å². The molecular formula is C20H23BrN2O2. The van der Waals surface area contributed by atoms with Crippen LogP contribution >= 0.6 is 15.9 Å². The molecule has 3 rings (SSSR count). The normalized spacial score (nSPS) is 15.9. The highest BCUT2D eigenvalue weighted by Gasteiger charge is 2.30. The number of methoxy groups -OCH3 is 1. The van der Waals surface area contributed by atoms with Gasteiger partial charge in [-0.2, -0.15) is 0 Å². The fourth-order valence-corrected chi connectivity index (χ4v) is 3.56. The zero-order valence-electron chi connectivity index (χ0n) is 14.4. The van der Waals surface area contributed by atoms with Crippen LogP contribution in [0.4, 0.5) is 5.69 Å². The maximum Gasteiger partial charge on any atom is 0.246 e. The molecule has 2 aromatic carbocycles. The molecule has 1 amide bonds. The third kappa shape index (κ3) is 4.48. The van der Waals surface area contributed by atoms with Crippen LogP contribution in [-0.4, -0.2) is 31.0 Å². The van der Waals surface area contributed by atoms with Gasteiger partial charge in [-0.25, -0.2) is 0 Å². The summed E-state index contributed by atoms with van der Waals surface area (Å²) in [7, 11) is 1.66. The smallest absolute Gasteiger partial charge is 0.246 e. The Balaban J connectivity index is 1.85. The van der Waals surface area contributed by atoms with Crippen molar-refractivity contribution in [3.63, 3.8) is 0 Å². The van der Waals surface area contributed by atoms with Crippen LogP contribution in [0.25, 0.3) is 0 Å². The molecule has 1 heterocycles. The van der Waals surface area contributed by atoms with E-state index >= 15 is 0 Å². The zero-order chi connectivity index (χ0) is 17.6. The number of anilines is 1. The van der Waals surface area contributed by atoms with Gasteiger partial charge in [-0.1, -0.05) is 46.3 Å². The molecule has 1 fully saturated rings. The van der Waals surface area contributed by atoms with Crippen molar-refractivity contribution in [1.29, 1.82) is 0 Å². The third-order valence-corrected chi connectivity index (χ3v) is 5.04. The Labute approximate surface area is 157 Å². The maximum absolute atomic E-state index is 13.1. The fraction of sp³-hybridized carbons (Fsp3) is 0.350. The molecule has 0 bridgehead atoms. The van der Waals surface area contributed by atoms with Crippen molar-refractivity contribution in [3.8, 4) is 0 Å². The monoisotopic (exact) mass is 402 g/mol. The van der Waals surface area contributed by atoms with E-state index in [-0.39, 0.29) is 11.9 Å². The second-order valence-corrected chi connectivity index (χ2v) is 7.19. The Morgan fingerprint density at radius 2 is 1.84 bits per heavy atom. The summed E-state index contributed by atoms with van der Waals surface area (Å²) in [5.41, 5.74) is 2.82. The summed E-state index contributed by atoms with van der Waals surface area (Å²) < 4.78 is 6.26. The number of hydrogen-bond acceptors (Lipinski definition) is 3. The first-order chi connectivity index (χ1) is 12.2. The molecule has 1 saturated heterocycles. The molecular weight excluding hydrogens is 380 g/mol. The van der Waals surface area contributed by atoms with Gasteiger partial charge in [-0.3, -0.25) is 9.69 Å². The molecule has 132 valence electrons. The predicted molar refractivity (Wildman–Crippen MR) is 103 cm³/mol. The molecule has 2 aromatic rings. The molecule has 0 saturated carbocycles. The molecule has 0 unspecified atom stereocenters. The number of para-hydroxylation sites is 1. The minimum Gasteiger partial charge on any atom is -0.380 e. The molecule has 0 spiro atoms. The van der Waals surface area contributed by atoms with Gasteiger partial charge in [0, 0.05) is 22.8 Å². The van der Waals surface area contributed by atoms with Gasteiger partial charge in [-0.05, 0) is 49.7 Å². The standard InChI is InChI=1S/C20H23BrN2O2/c1-25-14-16-6-2-3-7-18(16)22-20(24)19(23-12-4-5-13-23)15-8-10-17(21)11-9-15/h2-3,6-11,19H,4-5,12-14H2,1H3,(H,22,24)/t19-/m0/s1. The molecule has 4 nitrogen and oxygen atoms in total. The molecule has 1 atom stereocenters. The second-order valence-electron chi connectivity index (χ2n) is 6.28. The van der Waals surface area contributed by atoms with Gasteiger partial charge in [0.05, 0.1) is 6.61 Å². The molecule has 0 aromatic heterocycles. The van der Waals surface area contributed by atoms with Gasteiger partial charge in [0.1, 0.15) is 6.04 Å². The van der Waals surface area contributed by atoms with Crippen LogP contribution in [0, 0.1) is 0 Å². The average Bonchev–Trinajstić information content (AvgIpc) is 3.13. The predicted octanol–water partition coefficient (Wildman–Crippen LogP) is 4.37. The van der Waals surface area contributed by atoms with E-state index in [1.54, 1.807) is 7.11 Å². The average molecular weight is 403 g/mol. The number of benzene rings is 2. The summed E-state index contributed by atoms with van der Waals surface area (Å²) >= 11 is 3.47. The van der Waals surface area contributed by atoms with E-state index in [9.17, 15) is 4.79 Å². The highest BCUT2D eigenvalue weighted by Crippen LogP contribution is 2.28. The first kappa shape index (κ1) is 18.1. The van der Waals surface area contributed by atoms with Crippen LogP contribution in [0.3, 0.4) is 0 Å². The number of amides is 1. The van der Waals surface area contributed by atoms with Gasteiger partial charge in [0.25, 0.3) is 0 Å². The topological polar surface area (TPSA) is 41.6 Å². The Hall–Kier alpha value is -1.69. The second kappa shape index (κ2) is 8.61. The van der Waals surface area contributed by atoms with Crippen LogP contribution in [0.1, 0.15) is 30.0 Å². The van der Waals surface area contributed by atoms with Gasteiger partial charge >= 0.3 is 0 Å². The lowest BCUT2D eigenvalue weighted by Crippen LogP contribution is -2.35. The molecule has 5 heteroatoms. The summed E-state index contributed by atoms with van der Waals surface area (Å²) in [6, 6.07) is 15.5. The van der Waals surface area contributed by atoms with Gasteiger partial charge < -0.3 is 10.1 Å². The Morgan fingerprint density at radius 1 is 1.16 bits per heavy atom. The van der Waals surface area contributed by atoms with Crippen molar-refractivity contribution in [2.24, 2.45) is 0 Å². The van der Waals surface area contributed by atoms with Crippen LogP contribution < -0.4 is 5.32 Å². The van der Waals surface area contributed by atoms with E-state index in [1.165, 1.54) is 0 Å². The number of nitrogens with one attached hydrogen (secondary N) is 1. The molecule has 1 aliphatic heterocycles. The Kier molecular flexibility index (Phi) is 6.24. The van der Waals surface area contributed by atoms with E-state index in [2.05, 4.69) is 26.1 Å². The van der Waals surface area contributed by atoms with E-state index in [0.29, 0.717) is 6.61 Å². The molecule has 25 heavy (non-hydrogen) atoms. The summed E-state index contributed by atoms with van der Waals surface area (Å²) in [5.74, 6) is 0.00720. The van der Waals surface area contributed by atoms with E-state index in [0.717, 1.165) is 47.2 Å².